The highest BCUT2D eigenvalue weighted by Crippen LogP contribution is 2.29. The zero-order chi connectivity index (χ0) is 15.4. The second-order valence-corrected chi connectivity index (χ2v) is 6.40. The first kappa shape index (κ1) is 16.1. The summed E-state index contributed by atoms with van der Waals surface area (Å²) < 4.78 is 1.13. The van der Waals surface area contributed by atoms with Gasteiger partial charge in [0.1, 0.15) is 0 Å². The fourth-order valence-electron chi connectivity index (χ4n) is 2.32. The average molecular weight is 347 g/mol. The molecule has 1 atom stereocenters. The molecule has 0 radical (unpaired) electrons. The van der Waals surface area contributed by atoms with Gasteiger partial charge in [-0.25, -0.2) is 0 Å². The minimum Gasteiger partial charge on any atom is -0.345 e. The van der Waals surface area contributed by atoms with Gasteiger partial charge in [0.05, 0.1) is 0 Å². The molecule has 0 fully saturated rings. The van der Waals surface area contributed by atoms with E-state index in [2.05, 4.69) is 84.2 Å². The molecule has 0 amide bonds. The molecule has 1 unspecified atom stereocenters. The van der Waals surface area contributed by atoms with Crippen molar-refractivity contribution in [2.45, 2.75) is 32.7 Å². The minimum atomic E-state index is 0.224. The third-order valence-electron chi connectivity index (χ3n) is 3.82. The van der Waals surface area contributed by atoms with Gasteiger partial charge in [-0.15, -0.1) is 0 Å². The van der Waals surface area contributed by atoms with Crippen LogP contribution in [0.5, 0.6) is 0 Å². The van der Waals surface area contributed by atoms with Crippen LogP contribution in [0.3, 0.4) is 0 Å². The van der Waals surface area contributed by atoms with Crippen LogP contribution in [0.1, 0.15) is 24.5 Å². The predicted molar refractivity (Wildman–Crippen MR) is 95.4 cm³/mol. The zero-order valence-corrected chi connectivity index (χ0v) is 14.5. The highest BCUT2D eigenvalue weighted by molar-refractivity contribution is 9.10. The Hall–Kier alpha value is -1.32. The number of anilines is 2. The maximum absolute atomic E-state index is 6.05. The summed E-state index contributed by atoms with van der Waals surface area (Å²) in [7, 11) is 2.09. The fraction of sp³-hybridized carbons (Fsp3) is 0.333. The molecule has 0 saturated carbocycles. The zero-order valence-electron chi connectivity index (χ0n) is 12.9. The number of hydrogen-bond donors (Lipinski definition) is 1. The van der Waals surface area contributed by atoms with E-state index in [1.54, 1.807) is 0 Å². The van der Waals surface area contributed by atoms with Gasteiger partial charge < -0.3 is 10.6 Å². The van der Waals surface area contributed by atoms with E-state index in [-0.39, 0.29) is 6.04 Å². The number of rotatable bonds is 5. The molecular weight excluding hydrogens is 324 g/mol. The highest BCUT2D eigenvalue weighted by atomic mass is 79.9. The van der Waals surface area contributed by atoms with Crippen LogP contribution in [0.2, 0.25) is 0 Å². The van der Waals surface area contributed by atoms with E-state index in [1.165, 1.54) is 22.5 Å². The normalized spacial score (nSPS) is 12.2. The SMILES string of the molecule is CCC(N)Cc1ccc(N(C)c2cccc(C)c2)cc1Br. The molecule has 0 heterocycles. The Morgan fingerprint density at radius 3 is 2.48 bits per heavy atom. The van der Waals surface area contributed by atoms with Crippen molar-refractivity contribution >= 4 is 27.3 Å². The first-order valence-electron chi connectivity index (χ1n) is 7.35. The molecular formula is C18H23BrN2. The van der Waals surface area contributed by atoms with E-state index in [0.29, 0.717) is 0 Å². The number of hydrogen-bond acceptors (Lipinski definition) is 2. The van der Waals surface area contributed by atoms with E-state index in [9.17, 15) is 0 Å². The molecule has 2 aromatic carbocycles. The van der Waals surface area contributed by atoms with Crippen LogP contribution in [-0.4, -0.2) is 13.1 Å². The number of benzene rings is 2. The molecule has 0 aliphatic rings. The van der Waals surface area contributed by atoms with Crippen molar-refractivity contribution in [1.29, 1.82) is 0 Å². The van der Waals surface area contributed by atoms with Crippen molar-refractivity contribution in [3.8, 4) is 0 Å². The number of aryl methyl sites for hydroxylation is 1. The lowest BCUT2D eigenvalue weighted by atomic mass is 10.0. The van der Waals surface area contributed by atoms with Crippen LogP contribution in [0.25, 0.3) is 0 Å². The van der Waals surface area contributed by atoms with Crippen molar-refractivity contribution < 1.29 is 0 Å². The quantitative estimate of drug-likeness (QED) is 0.841. The van der Waals surface area contributed by atoms with Gasteiger partial charge in [-0.3, -0.25) is 0 Å². The van der Waals surface area contributed by atoms with Crippen LogP contribution < -0.4 is 10.6 Å². The van der Waals surface area contributed by atoms with E-state index < -0.39 is 0 Å². The Balaban J connectivity index is 2.23. The van der Waals surface area contributed by atoms with Crippen LogP contribution in [0, 0.1) is 6.92 Å². The molecule has 2 aromatic rings. The minimum absolute atomic E-state index is 0.224. The second-order valence-electron chi connectivity index (χ2n) is 5.55. The second kappa shape index (κ2) is 7.10. The molecule has 21 heavy (non-hydrogen) atoms. The number of nitrogens with two attached hydrogens (primary N) is 1. The van der Waals surface area contributed by atoms with Crippen molar-refractivity contribution in [3.05, 3.63) is 58.1 Å². The Morgan fingerprint density at radius 1 is 1.14 bits per heavy atom. The summed E-state index contributed by atoms with van der Waals surface area (Å²) in [5.41, 5.74) is 10.9. The van der Waals surface area contributed by atoms with Gasteiger partial charge in [-0.2, -0.15) is 0 Å². The largest absolute Gasteiger partial charge is 0.345 e. The van der Waals surface area contributed by atoms with Crippen LogP contribution in [0.4, 0.5) is 11.4 Å². The van der Waals surface area contributed by atoms with Crippen molar-refractivity contribution in [2.24, 2.45) is 5.73 Å². The molecule has 2 nitrogen and oxygen atoms in total. The summed E-state index contributed by atoms with van der Waals surface area (Å²) in [5, 5.41) is 0. The monoisotopic (exact) mass is 346 g/mol. The standard InChI is InChI=1S/C18H23BrN2/c1-4-15(20)11-14-8-9-17(12-18(14)19)21(3)16-7-5-6-13(2)10-16/h5-10,12,15H,4,11,20H2,1-3H3. The van der Waals surface area contributed by atoms with Gasteiger partial charge >= 0.3 is 0 Å². The van der Waals surface area contributed by atoms with Crippen molar-refractivity contribution in [3.63, 3.8) is 0 Å². The van der Waals surface area contributed by atoms with E-state index in [1.807, 2.05) is 0 Å². The Kier molecular flexibility index (Phi) is 5.43. The molecule has 2 N–H and O–H groups in total. The predicted octanol–water partition coefficient (Wildman–Crippen LogP) is 4.81. The summed E-state index contributed by atoms with van der Waals surface area (Å²) in [5.74, 6) is 0. The molecule has 0 aromatic heterocycles. The van der Waals surface area contributed by atoms with Gasteiger partial charge in [-0.05, 0) is 55.2 Å². The molecule has 0 saturated heterocycles. The molecule has 0 bridgehead atoms. The fourth-order valence-corrected chi connectivity index (χ4v) is 2.85. The average Bonchev–Trinajstić information content (AvgIpc) is 2.48. The van der Waals surface area contributed by atoms with Crippen molar-refractivity contribution in [1.82, 2.24) is 0 Å². The number of nitrogens with zero attached hydrogens (tertiary/aromatic N) is 1. The summed E-state index contributed by atoms with van der Waals surface area (Å²) in [6.07, 6.45) is 1.91. The van der Waals surface area contributed by atoms with Gasteiger partial charge in [0.2, 0.25) is 0 Å². The summed E-state index contributed by atoms with van der Waals surface area (Å²) in [6.45, 7) is 4.24. The first-order chi connectivity index (χ1) is 10.0. The van der Waals surface area contributed by atoms with Gasteiger partial charge in [0, 0.05) is 28.9 Å². The Bertz CT molecular complexity index is 610. The summed E-state index contributed by atoms with van der Waals surface area (Å²) in [6, 6.07) is 15.2. The first-order valence-corrected chi connectivity index (χ1v) is 8.15. The highest BCUT2D eigenvalue weighted by Gasteiger charge is 2.09. The van der Waals surface area contributed by atoms with Crippen LogP contribution >= 0.6 is 15.9 Å². The van der Waals surface area contributed by atoms with E-state index >= 15 is 0 Å². The van der Waals surface area contributed by atoms with Gasteiger partial charge in [0.25, 0.3) is 0 Å². The lowest BCUT2D eigenvalue weighted by Gasteiger charge is -2.21. The maximum Gasteiger partial charge on any atom is 0.0419 e. The molecule has 112 valence electrons. The molecule has 3 heteroatoms. The van der Waals surface area contributed by atoms with Gasteiger partial charge in [-0.1, -0.05) is 41.1 Å². The maximum atomic E-state index is 6.05. The Morgan fingerprint density at radius 2 is 1.86 bits per heavy atom. The van der Waals surface area contributed by atoms with E-state index in [4.69, 9.17) is 5.73 Å². The van der Waals surface area contributed by atoms with Crippen molar-refractivity contribution in [2.75, 3.05) is 11.9 Å². The lowest BCUT2D eigenvalue weighted by Crippen LogP contribution is -2.21. The Labute approximate surface area is 136 Å². The molecule has 0 spiro atoms. The van der Waals surface area contributed by atoms with E-state index in [0.717, 1.165) is 17.3 Å². The summed E-state index contributed by atoms with van der Waals surface area (Å²) in [4.78, 5) is 2.20. The van der Waals surface area contributed by atoms with Gasteiger partial charge in [0.15, 0.2) is 0 Å². The third-order valence-corrected chi connectivity index (χ3v) is 4.56. The lowest BCUT2D eigenvalue weighted by molar-refractivity contribution is 0.645. The van der Waals surface area contributed by atoms with Crippen LogP contribution in [-0.2, 0) is 6.42 Å². The third kappa shape index (κ3) is 4.08. The molecule has 0 aliphatic heterocycles. The molecule has 0 aliphatic carbocycles. The van der Waals surface area contributed by atoms with Crippen LogP contribution in [0.15, 0.2) is 46.9 Å². The molecule has 2 rings (SSSR count). The summed E-state index contributed by atoms with van der Waals surface area (Å²) >= 11 is 3.68. The number of halogens is 1. The topological polar surface area (TPSA) is 29.3 Å². The smallest absolute Gasteiger partial charge is 0.0419 e.